The largest absolute Gasteiger partial charge is 0.335 e. The van der Waals surface area contributed by atoms with E-state index in [1.54, 1.807) is 24.0 Å². The molecule has 31 heavy (non-hydrogen) atoms. The molecule has 2 amide bonds. The number of nitrogens with zero attached hydrogens (tertiary/aromatic N) is 3. The highest BCUT2D eigenvalue weighted by molar-refractivity contribution is 6.13. The highest BCUT2D eigenvalue weighted by Gasteiger charge is 2.23. The fourth-order valence-electron chi connectivity index (χ4n) is 3.90. The van der Waals surface area contributed by atoms with Gasteiger partial charge in [0.25, 0.3) is 11.6 Å². The van der Waals surface area contributed by atoms with E-state index >= 15 is 0 Å². The summed E-state index contributed by atoms with van der Waals surface area (Å²) in [5, 5.41) is 7.53. The summed E-state index contributed by atoms with van der Waals surface area (Å²) in [4.78, 5) is 31.6. The number of carbonyl (C=O) groups is 2. The molecule has 0 saturated carbocycles. The average molecular weight is 412 g/mol. The van der Waals surface area contributed by atoms with Crippen LogP contribution in [-0.2, 0) is 4.79 Å². The number of hydrogen-bond donors (Lipinski definition) is 1. The van der Waals surface area contributed by atoms with Gasteiger partial charge >= 0.3 is 0 Å². The Morgan fingerprint density at radius 3 is 2.71 bits per heavy atom. The van der Waals surface area contributed by atoms with Crippen molar-refractivity contribution < 1.29 is 14.1 Å². The van der Waals surface area contributed by atoms with Gasteiger partial charge in [-0.25, -0.2) is 4.98 Å². The van der Waals surface area contributed by atoms with Crippen LogP contribution in [0.4, 0.5) is 11.4 Å². The Kier molecular flexibility index (Phi) is 4.71. The maximum absolute atomic E-state index is 13.3. The van der Waals surface area contributed by atoms with Crippen LogP contribution in [0.2, 0.25) is 0 Å². The lowest BCUT2D eigenvalue weighted by atomic mass is 10.0. The van der Waals surface area contributed by atoms with Crippen molar-refractivity contribution in [3.63, 3.8) is 0 Å². The molecule has 2 aromatic carbocycles. The summed E-state index contributed by atoms with van der Waals surface area (Å²) in [6.07, 6.45) is 1.40. The van der Waals surface area contributed by atoms with Gasteiger partial charge in [0.15, 0.2) is 0 Å². The van der Waals surface area contributed by atoms with Crippen molar-refractivity contribution in [3.8, 4) is 11.3 Å². The first-order valence-corrected chi connectivity index (χ1v) is 10.1. The molecule has 7 nitrogen and oxygen atoms in total. The highest BCUT2D eigenvalue weighted by Crippen LogP contribution is 2.29. The van der Waals surface area contributed by atoms with Crippen LogP contribution < -0.4 is 10.2 Å². The minimum Gasteiger partial charge on any atom is -0.335 e. The molecule has 154 valence electrons. The number of aryl methyl sites for hydroxylation is 1. The first-order valence-electron chi connectivity index (χ1n) is 10.1. The smallest absolute Gasteiger partial charge is 0.259 e. The van der Waals surface area contributed by atoms with Crippen molar-refractivity contribution in [2.45, 2.75) is 19.8 Å². The van der Waals surface area contributed by atoms with Gasteiger partial charge in [-0.1, -0.05) is 41.6 Å². The standard InChI is InChI=1S/C24H20N4O3/c1-15-22-19(14-20(26-24(22)31-27-15)16-7-3-2-4-8-16)23(30)25-17-9-5-10-18(13-17)28-12-6-11-21(28)29/h2-5,7-10,13-14H,6,11-12H2,1H3,(H,25,30). The van der Waals surface area contributed by atoms with Crippen molar-refractivity contribution in [2.75, 3.05) is 16.8 Å². The van der Waals surface area contributed by atoms with Crippen LogP contribution in [-0.4, -0.2) is 28.5 Å². The van der Waals surface area contributed by atoms with E-state index in [0.717, 1.165) is 17.7 Å². The number of amides is 2. The SMILES string of the molecule is Cc1noc2nc(-c3ccccc3)cc(C(=O)Nc3cccc(N4CCCC4=O)c3)c12. The van der Waals surface area contributed by atoms with Gasteiger partial charge in [-0.2, -0.15) is 0 Å². The van der Waals surface area contributed by atoms with Gasteiger partial charge in [0.1, 0.15) is 0 Å². The summed E-state index contributed by atoms with van der Waals surface area (Å²) in [7, 11) is 0. The molecule has 1 N–H and O–H groups in total. The zero-order valence-corrected chi connectivity index (χ0v) is 17.0. The van der Waals surface area contributed by atoms with E-state index in [0.29, 0.717) is 46.7 Å². The van der Waals surface area contributed by atoms with Crippen molar-refractivity contribution in [1.82, 2.24) is 10.1 Å². The monoisotopic (exact) mass is 412 g/mol. The number of hydrogen-bond acceptors (Lipinski definition) is 5. The van der Waals surface area contributed by atoms with Crippen LogP contribution in [0, 0.1) is 6.92 Å². The number of pyridine rings is 1. The Morgan fingerprint density at radius 1 is 1.10 bits per heavy atom. The molecule has 0 radical (unpaired) electrons. The number of rotatable bonds is 4. The van der Waals surface area contributed by atoms with E-state index < -0.39 is 0 Å². The quantitative estimate of drug-likeness (QED) is 0.530. The molecular formula is C24H20N4O3. The maximum atomic E-state index is 13.3. The lowest BCUT2D eigenvalue weighted by Crippen LogP contribution is -2.23. The van der Waals surface area contributed by atoms with Gasteiger partial charge in [-0.3, -0.25) is 9.59 Å². The molecule has 2 aromatic heterocycles. The second-order valence-corrected chi connectivity index (χ2v) is 7.52. The molecule has 1 fully saturated rings. The van der Waals surface area contributed by atoms with Crippen molar-refractivity contribution in [2.24, 2.45) is 0 Å². The first kappa shape index (κ1) is 19.0. The van der Waals surface area contributed by atoms with Crippen LogP contribution in [0.5, 0.6) is 0 Å². The fraction of sp³-hybridized carbons (Fsp3) is 0.167. The van der Waals surface area contributed by atoms with E-state index in [4.69, 9.17) is 4.52 Å². The molecule has 0 atom stereocenters. The highest BCUT2D eigenvalue weighted by atomic mass is 16.5. The number of carbonyl (C=O) groups excluding carboxylic acids is 2. The third kappa shape index (κ3) is 3.54. The van der Waals surface area contributed by atoms with Crippen LogP contribution >= 0.6 is 0 Å². The van der Waals surface area contributed by atoms with Crippen LogP contribution in [0.1, 0.15) is 28.9 Å². The predicted molar refractivity (Wildman–Crippen MR) is 118 cm³/mol. The van der Waals surface area contributed by atoms with E-state index in [2.05, 4.69) is 15.5 Å². The maximum Gasteiger partial charge on any atom is 0.259 e. The molecule has 1 aliphatic heterocycles. The summed E-state index contributed by atoms with van der Waals surface area (Å²) >= 11 is 0. The number of fused-ring (bicyclic) bond motifs is 1. The Morgan fingerprint density at radius 2 is 1.94 bits per heavy atom. The van der Waals surface area contributed by atoms with Gasteiger partial charge in [0, 0.05) is 29.9 Å². The molecule has 0 aliphatic carbocycles. The molecule has 0 unspecified atom stereocenters. The first-order chi connectivity index (χ1) is 15.1. The Labute approximate surface area is 178 Å². The van der Waals surface area contributed by atoms with Crippen LogP contribution in [0.25, 0.3) is 22.4 Å². The molecular weight excluding hydrogens is 392 g/mol. The van der Waals surface area contributed by atoms with Gasteiger partial charge in [0.05, 0.1) is 22.3 Å². The van der Waals surface area contributed by atoms with Crippen LogP contribution in [0.15, 0.2) is 65.2 Å². The van der Waals surface area contributed by atoms with Crippen molar-refractivity contribution >= 4 is 34.3 Å². The van der Waals surface area contributed by atoms with Gasteiger partial charge in [-0.05, 0) is 37.6 Å². The predicted octanol–water partition coefficient (Wildman–Crippen LogP) is 4.58. The lowest BCUT2D eigenvalue weighted by Gasteiger charge is -2.17. The second-order valence-electron chi connectivity index (χ2n) is 7.52. The minimum absolute atomic E-state index is 0.104. The van der Waals surface area contributed by atoms with Crippen molar-refractivity contribution in [1.29, 1.82) is 0 Å². The Balaban J connectivity index is 1.51. The molecule has 5 rings (SSSR count). The summed E-state index contributed by atoms with van der Waals surface area (Å²) in [5.41, 5.74) is 4.26. The number of aromatic nitrogens is 2. The van der Waals surface area contributed by atoms with Crippen LogP contribution in [0.3, 0.4) is 0 Å². The van der Waals surface area contributed by atoms with Crippen molar-refractivity contribution in [3.05, 3.63) is 71.9 Å². The Bertz CT molecular complexity index is 1300. The van der Waals surface area contributed by atoms with E-state index in [1.165, 1.54) is 0 Å². The zero-order chi connectivity index (χ0) is 21.4. The lowest BCUT2D eigenvalue weighted by molar-refractivity contribution is -0.117. The molecule has 0 bridgehead atoms. The molecule has 7 heteroatoms. The second kappa shape index (κ2) is 7.68. The molecule has 3 heterocycles. The molecule has 0 spiro atoms. The van der Waals surface area contributed by atoms with Gasteiger partial charge in [0.2, 0.25) is 5.91 Å². The van der Waals surface area contributed by atoms with Gasteiger partial charge < -0.3 is 14.7 Å². The normalized spacial score (nSPS) is 13.7. The van der Waals surface area contributed by atoms with Gasteiger partial charge in [-0.15, -0.1) is 0 Å². The Hall–Kier alpha value is -4.00. The third-order valence-electron chi connectivity index (χ3n) is 5.42. The number of nitrogens with one attached hydrogen (secondary N) is 1. The third-order valence-corrected chi connectivity index (χ3v) is 5.42. The summed E-state index contributed by atoms with van der Waals surface area (Å²) in [6, 6.07) is 18.7. The minimum atomic E-state index is -0.291. The zero-order valence-electron chi connectivity index (χ0n) is 17.0. The molecule has 1 aliphatic rings. The van der Waals surface area contributed by atoms with E-state index in [9.17, 15) is 9.59 Å². The summed E-state index contributed by atoms with van der Waals surface area (Å²) in [6.45, 7) is 2.48. The number of benzene rings is 2. The average Bonchev–Trinajstić information content (AvgIpc) is 3.39. The summed E-state index contributed by atoms with van der Waals surface area (Å²) < 4.78 is 5.37. The summed E-state index contributed by atoms with van der Waals surface area (Å²) in [5.74, 6) is -0.187. The molecule has 4 aromatic rings. The number of anilines is 2. The topological polar surface area (TPSA) is 88.3 Å². The van der Waals surface area contributed by atoms with E-state index in [1.807, 2.05) is 48.5 Å². The fourth-order valence-corrected chi connectivity index (χ4v) is 3.90. The van der Waals surface area contributed by atoms with E-state index in [-0.39, 0.29) is 11.8 Å². The molecule has 1 saturated heterocycles.